The summed E-state index contributed by atoms with van der Waals surface area (Å²) >= 11 is 0. The van der Waals surface area contributed by atoms with Crippen LogP contribution >= 0.6 is 0 Å². The van der Waals surface area contributed by atoms with Crippen LogP contribution in [0.25, 0.3) is 0 Å². The van der Waals surface area contributed by atoms with Crippen LogP contribution in [0, 0.1) is 5.92 Å². The number of halogens is 2. The van der Waals surface area contributed by atoms with Gasteiger partial charge >= 0.3 is 6.61 Å². The first-order valence-electron chi connectivity index (χ1n) is 10.2. The van der Waals surface area contributed by atoms with Crippen LogP contribution in [0.5, 0.6) is 5.75 Å². The van der Waals surface area contributed by atoms with Crippen LogP contribution in [-0.2, 0) is 16.1 Å². The molecule has 6 nitrogen and oxygen atoms in total. The molecule has 2 unspecified atom stereocenters. The molecule has 2 atom stereocenters. The molecule has 0 bridgehead atoms. The predicted octanol–water partition coefficient (Wildman–Crippen LogP) is 2.92. The Balaban J connectivity index is 1.78. The predicted molar refractivity (Wildman–Crippen MR) is 107 cm³/mol. The number of carbonyl (C=O) groups excluding carboxylic acids is 2. The molecule has 0 aliphatic carbocycles. The van der Waals surface area contributed by atoms with Gasteiger partial charge in [0.25, 0.3) is 0 Å². The Morgan fingerprint density at radius 2 is 1.93 bits per heavy atom. The molecule has 162 valence electrons. The molecule has 0 aromatic heterocycles. The average Bonchev–Trinajstić information content (AvgIpc) is 2.69. The summed E-state index contributed by atoms with van der Waals surface area (Å²) in [6.45, 7) is 3.10. The van der Waals surface area contributed by atoms with E-state index in [1.807, 2.05) is 4.90 Å². The van der Waals surface area contributed by atoms with E-state index >= 15 is 0 Å². The summed E-state index contributed by atoms with van der Waals surface area (Å²) in [6, 6.07) is 6.41. The normalized spacial score (nSPS) is 19.8. The zero-order valence-electron chi connectivity index (χ0n) is 17.1. The van der Waals surface area contributed by atoms with Crippen molar-refractivity contribution in [3.05, 3.63) is 29.8 Å². The van der Waals surface area contributed by atoms with Gasteiger partial charge in [-0.25, -0.2) is 0 Å². The Labute approximate surface area is 171 Å². The van der Waals surface area contributed by atoms with Crippen molar-refractivity contribution in [3.63, 3.8) is 0 Å². The van der Waals surface area contributed by atoms with Crippen molar-refractivity contribution in [2.45, 2.75) is 58.7 Å². The minimum absolute atomic E-state index is 0.0712. The van der Waals surface area contributed by atoms with Crippen molar-refractivity contribution in [1.82, 2.24) is 15.5 Å². The maximum atomic E-state index is 12.4. The van der Waals surface area contributed by atoms with Crippen molar-refractivity contribution in [2.75, 3.05) is 19.6 Å². The molecule has 0 radical (unpaired) electrons. The van der Waals surface area contributed by atoms with Crippen LogP contribution < -0.4 is 15.4 Å². The summed E-state index contributed by atoms with van der Waals surface area (Å²) < 4.78 is 28.7. The maximum absolute atomic E-state index is 12.4. The number of hydrogen-bond acceptors (Lipinski definition) is 4. The highest BCUT2D eigenvalue weighted by molar-refractivity contribution is 5.80. The van der Waals surface area contributed by atoms with Crippen molar-refractivity contribution in [1.29, 1.82) is 0 Å². The topological polar surface area (TPSA) is 70.7 Å². The van der Waals surface area contributed by atoms with Gasteiger partial charge in [-0.05, 0) is 43.9 Å². The third-order valence-corrected chi connectivity index (χ3v) is 5.20. The van der Waals surface area contributed by atoms with E-state index < -0.39 is 6.61 Å². The summed E-state index contributed by atoms with van der Waals surface area (Å²) in [6.07, 6.45) is 3.72. The second-order valence-electron chi connectivity index (χ2n) is 7.50. The molecular weight excluding hydrogens is 380 g/mol. The van der Waals surface area contributed by atoms with Gasteiger partial charge in [0.05, 0.1) is 12.5 Å². The van der Waals surface area contributed by atoms with Crippen LogP contribution in [0.3, 0.4) is 0 Å². The number of amides is 2. The first-order valence-corrected chi connectivity index (χ1v) is 10.2. The van der Waals surface area contributed by atoms with Crippen molar-refractivity contribution in [2.24, 2.45) is 5.92 Å². The molecule has 2 N–H and O–H groups in total. The Morgan fingerprint density at radius 1 is 1.21 bits per heavy atom. The van der Waals surface area contributed by atoms with Crippen LogP contribution in [0.1, 0.15) is 45.1 Å². The van der Waals surface area contributed by atoms with E-state index in [1.165, 1.54) is 12.1 Å². The second-order valence-corrected chi connectivity index (χ2v) is 7.50. The lowest BCUT2D eigenvalue weighted by Crippen LogP contribution is -2.50. The average molecular weight is 411 g/mol. The molecule has 1 fully saturated rings. The largest absolute Gasteiger partial charge is 0.435 e. The number of benzene rings is 1. The minimum atomic E-state index is -2.86. The van der Waals surface area contributed by atoms with Gasteiger partial charge in [0.1, 0.15) is 5.75 Å². The van der Waals surface area contributed by atoms with Gasteiger partial charge in [0, 0.05) is 25.7 Å². The number of ether oxygens (including phenoxy) is 1. The lowest BCUT2D eigenvalue weighted by molar-refractivity contribution is -0.130. The van der Waals surface area contributed by atoms with Crippen LogP contribution in [0.2, 0.25) is 0 Å². The van der Waals surface area contributed by atoms with Gasteiger partial charge < -0.3 is 15.4 Å². The van der Waals surface area contributed by atoms with Gasteiger partial charge in [0.2, 0.25) is 11.8 Å². The quantitative estimate of drug-likeness (QED) is 0.581. The number of nitrogens with zero attached hydrogens (tertiary/aromatic N) is 1. The van der Waals surface area contributed by atoms with E-state index in [9.17, 15) is 18.4 Å². The monoisotopic (exact) mass is 411 g/mol. The standard InChI is InChI=1S/C21H31F2N3O3/c1-3-4-11-24-20(28)17-8-5-15(2)26(13-17)14-19(27)25-12-16-6-9-18(10-7-16)29-21(22)23/h6-7,9-10,15,17,21H,3-5,8,11-14H2,1-2H3,(H,24,28)(H,25,27). The highest BCUT2D eigenvalue weighted by Gasteiger charge is 2.30. The second kappa shape index (κ2) is 11.7. The van der Waals surface area contributed by atoms with E-state index in [1.54, 1.807) is 12.1 Å². The third kappa shape index (κ3) is 7.97. The molecule has 2 rings (SSSR count). The van der Waals surface area contributed by atoms with E-state index in [0.717, 1.165) is 31.2 Å². The molecule has 8 heteroatoms. The van der Waals surface area contributed by atoms with E-state index in [-0.39, 0.29) is 36.1 Å². The molecule has 1 aliphatic rings. The fraction of sp³-hybridized carbons (Fsp3) is 0.619. The Morgan fingerprint density at radius 3 is 2.59 bits per heavy atom. The number of alkyl halides is 2. The summed E-state index contributed by atoms with van der Waals surface area (Å²) in [4.78, 5) is 26.7. The van der Waals surface area contributed by atoms with Crippen molar-refractivity contribution in [3.8, 4) is 5.75 Å². The molecule has 1 saturated heterocycles. The number of unbranched alkanes of at least 4 members (excludes halogenated alkanes) is 1. The van der Waals surface area contributed by atoms with Crippen LogP contribution in [0.4, 0.5) is 8.78 Å². The van der Waals surface area contributed by atoms with Crippen LogP contribution in [-0.4, -0.2) is 49.0 Å². The molecule has 1 aromatic rings. The number of piperidine rings is 1. The van der Waals surface area contributed by atoms with Gasteiger partial charge in [-0.3, -0.25) is 14.5 Å². The molecular formula is C21H31F2N3O3. The zero-order chi connectivity index (χ0) is 21.2. The number of rotatable bonds is 10. The number of carbonyl (C=O) groups is 2. The number of likely N-dealkylation sites (tertiary alicyclic amines) is 1. The lowest BCUT2D eigenvalue weighted by Gasteiger charge is -2.36. The summed E-state index contributed by atoms with van der Waals surface area (Å²) in [5.74, 6) is -0.0580. The van der Waals surface area contributed by atoms with Crippen molar-refractivity contribution >= 4 is 11.8 Å². The number of nitrogens with one attached hydrogen (secondary N) is 2. The van der Waals surface area contributed by atoms with E-state index in [4.69, 9.17) is 0 Å². The minimum Gasteiger partial charge on any atom is -0.435 e. The molecule has 0 spiro atoms. The van der Waals surface area contributed by atoms with Gasteiger partial charge in [-0.15, -0.1) is 0 Å². The lowest BCUT2D eigenvalue weighted by atomic mass is 9.92. The summed E-state index contributed by atoms with van der Waals surface area (Å²) in [7, 11) is 0. The van der Waals surface area contributed by atoms with Gasteiger partial charge in [-0.2, -0.15) is 8.78 Å². The molecule has 1 aromatic carbocycles. The van der Waals surface area contributed by atoms with Crippen LogP contribution in [0.15, 0.2) is 24.3 Å². The Bertz CT molecular complexity index is 655. The number of hydrogen-bond donors (Lipinski definition) is 2. The van der Waals surface area contributed by atoms with Crippen molar-refractivity contribution < 1.29 is 23.1 Å². The Hall–Kier alpha value is -2.22. The molecule has 1 aliphatic heterocycles. The molecule has 2 amide bonds. The SMILES string of the molecule is CCCCNC(=O)C1CCC(C)N(CC(=O)NCc2ccc(OC(F)F)cc2)C1. The zero-order valence-corrected chi connectivity index (χ0v) is 17.1. The smallest absolute Gasteiger partial charge is 0.387 e. The highest BCUT2D eigenvalue weighted by Crippen LogP contribution is 2.22. The Kier molecular flexibility index (Phi) is 9.31. The summed E-state index contributed by atoms with van der Waals surface area (Å²) in [5.41, 5.74) is 0.792. The highest BCUT2D eigenvalue weighted by atomic mass is 19.3. The third-order valence-electron chi connectivity index (χ3n) is 5.20. The van der Waals surface area contributed by atoms with Gasteiger partial charge in [-0.1, -0.05) is 25.5 Å². The summed E-state index contributed by atoms with van der Waals surface area (Å²) in [5, 5.41) is 5.82. The fourth-order valence-corrected chi connectivity index (χ4v) is 3.38. The van der Waals surface area contributed by atoms with Gasteiger partial charge in [0.15, 0.2) is 0 Å². The van der Waals surface area contributed by atoms with E-state index in [2.05, 4.69) is 29.2 Å². The first kappa shape index (κ1) is 23.1. The molecule has 0 saturated carbocycles. The first-order chi connectivity index (χ1) is 13.9. The maximum Gasteiger partial charge on any atom is 0.387 e. The fourth-order valence-electron chi connectivity index (χ4n) is 3.38. The molecule has 1 heterocycles. The molecule has 29 heavy (non-hydrogen) atoms. The van der Waals surface area contributed by atoms with E-state index in [0.29, 0.717) is 19.6 Å².